The fraction of sp³-hybridized carbons (Fsp3) is 0.235. The lowest BCUT2D eigenvalue weighted by molar-refractivity contribution is -0.384. The van der Waals surface area contributed by atoms with Crippen LogP contribution in [0.4, 0.5) is 11.4 Å². The van der Waals surface area contributed by atoms with Crippen molar-refractivity contribution in [1.29, 1.82) is 0 Å². The lowest BCUT2D eigenvalue weighted by Gasteiger charge is -2.10. The summed E-state index contributed by atoms with van der Waals surface area (Å²) in [6.07, 6.45) is 0. The van der Waals surface area contributed by atoms with Crippen LogP contribution in [0.2, 0.25) is 0 Å². The summed E-state index contributed by atoms with van der Waals surface area (Å²) in [6.45, 7) is 4.19. The van der Waals surface area contributed by atoms with Crippen molar-refractivity contribution in [2.24, 2.45) is 0 Å². The normalized spacial score (nSPS) is 10.5. The number of carbonyl (C=O) groups excluding carboxylic acids is 1. The molecule has 0 saturated heterocycles. The van der Waals surface area contributed by atoms with Crippen LogP contribution in [0.15, 0.2) is 47.4 Å². The average molecular weight is 346 g/mol. The third-order valence-electron chi connectivity index (χ3n) is 3.13. The maximum absolute atomic E-state index is 12.4. The van der Waals surface area contributed by atoms with Gasteiger partial charge in [-0.3, -0.25) is 14.9 Å². The molecule has 0 heterocycles. The van der Waals surface area contributed by atoms with Crippen molar-refractivity contribution in [3.63, 3.8) is 0 Å². The number of anilines is 1. The molecular weight excluding hydrogens is 328 g/mol. The quantitative estimate of drug-likeness (QED) is 0.477. The maximum atomic E-state index is 12.4. The Morgan fingerprint density at radius 1 is 1.21 bits per heavy atom. The fourth-order valence-electron chi connectivity index (χ4n) is 2.06. The summed E-state index contributed by atoms with van der Waals surface area (Å²) in [5, 5.41) is 14.0. The minimum atomic E-state index is -0.521. The highest BCUT2D eigenvalue weighted by molar-refractivity contribution is 7.99. The zero-order valence-electron chi connectivity index (χ0n) is 13.6. The summed E-state index contributed by atoms with van der Waals surface area (Å²) in [5.74, 6) is 0.0100. The number of hydrogen-bond donors (Lipinski definition) is 1. The lowest BCUT2D eigenvalue weighted by atomic mass is 10.2. The smallest absolute Gasteiger partial charge is 0.271 e. The first-order chi connectivity index (χ1) is 11.4. The second-order valence-electron chi connectivity index (χ2n) is 5.29. The molecule has 0 atom stereocenters. The molecule has 7 heteroatoms. The highest BCUT2D eigenvalue weighted by atomic mass is 32.2. The van der Waals surface area contributed by atoms with Crippen molar-refractivity contribution in [3.8, 4) is 5.75 Å². The first-order valence-electron chi connectivity index (χ1n) is 7.31. The Morgan fingerprint density at radius 2 is 1.88 bits per heavy atom. The van der Waals surface area contributed by atoms with Gasteiger partial charge in [-0.05, 0) is 30.3 Å². The van der Waals surface area contributed by atoms with E-state index in [2.05, 4.69) is 19.2 Å². The summed E-state index contributed by atoms with van der Waals surface area (Å²) in [7, 11) is 1.44. The number of rotatable bonds is 6. The Kier molecular flexibility index (Phi) is 5.81. The minimum absolute atomic E-state index is 0.116. The van der Waals surface area contributed by atoms with E-state index in [0.29, 0.717) is 16.6 Å². The van der Waals surface area contributed by atoms with E-state index in [1.165, 1.54) is 25.3 Å². The number of nitro benzene ring substituents is 1. The molecule has 2 rings (SSSR count). The molecule has 126 valence electrons. The monoisotopic (exact) mass is 346 g/mol. The molecule has 0 aromatic heterocycles. The van der Waals surface area contributed by atoms with Crippen LogP contribution < -0.4 is 10.1 Å². The number of benzene rings is 2. The highest BCUT2D eigenvalue weighted by Gasteiger charge is 2.14. The molecule has 6 nitrogen and oxygen atoms in total. The van der Waals surface area contributed by atoms with Crippen LogP contribution in [0.1, 0.15) is 24.2 Å². The van der Waals surface area contributed by atoms with Gasteiger partial charge in [0.05, 0.1) is 17.7 Å². The summed E-state index contributed by atoms with van der Waals surface area (Å²) in [6, 6.07) is 11.3. The van der Waals surface area contributed by atoms with Crippen molar-refractivity contribution < 1.29 is 14.5 Å². The van der Waals surface area contributed by atoms with E-state index in [0.717, 1.165) is 4.90 Å². The largest absolute Gasteiger partial charge is 0.495 e. The van der Waals surface area contributed by atoms with Gasteiger partial charge in [0.1, 0.15) is 5.75 Å². The number of ether oxygens (including phenoxy) is 1. The summed E-state index contributed by atoms with van der Waals surface area (Å²) in [4.78, 5) is 23.8. The maximum Gasteiger partial charge on any atom is 0.271 e. The number of thioether (sulfide) groups is 1. The van der Waals surface area contributed by atoms with Gasteiger partial charge in [-0.15, -0.1) is 11.8 Å². The molecule has 0 aliphatic heterocycles. The molecule has 0 spiro atoms. The number of carbonyl (C=O) groups is 1. The van der Waals surface area contributed by atoms with Gasteiger partial charge in [0.15, 0.2) is 0 Å². The second-order valence-corrected chi connectivity index (χ2v) is 6.94. The zero-order valence-corrected chi connectivity index (χ0v) is 14.4. The Balaban J connectivity index is 2.19. The molecule has 1 N–H and O–H groups in total. The van der Waals surface area contributed by atoms with Crippen LogP contribution in [0.3, 0.4) is 0 Å². The van der Waals surface area contributed by atoms with Crippen molar-refractivity contribution in [2.45, 2.75) is 24.0 Å². The Bertz CT molecular complexity index is 745. The Hall–Kier alpha value is -2.54. The minimum Gasteiger partial charge on any atom is -0.495 e. The highest BCUT2D eigenvalue weighted by Crippen LogP contribution is 2.29. The molecular formula is C17H18N2O4S. The average Bonchev–Trinajstić information content (AvgIpc) is 2.54. The molecule has 0 radical (unpaired) electrons. The van der Waals surface area contributed by atoms with E-state index < -0.39 is 4.92 Å². The first-order valence-corrected chi connectivity index (χ1v) is 8.19. The lowest BCUT2D eigenvalue weighted by Crippen LogP contribution is -2.12. The molecule has 2 aromatic rings. The third-order valence-corrected chi connectivity index (χ3v) is 4.15. The molecule has 1 amide bonds. The van der Waals surface area contributed by atoms with Crippen LogP contribution in [0.25, 0.3) is 0 Å². The Morgan fingerprint density at radius 3 is 2.42 bits per heavy atom. The van der Waals surface area contributed by atoms with Gasteiger partial charge in [0.2, 0.25) is 0 Å². The van der Waals surface area contributed by atoms with Crippen molar-refractivity contribution in [2.75, 3.05) is 12.4 Å². The number of nitro groups is 1. The molecule has 0 fully saturated rings. The number of nitrogens with zero attached hydrogens (tertiary/aromatic N) is 1. The van der Waals surface area contributed by atoms with Gasteiger partial charge in [0, 0.05) is 27.8 Å². The number of methoxy groups -OCH3 is 1. The number of amides is 1. The van der Waals surface area contributed by atoms with Crippen molar-refractivity contribution in [1.82, 2.24) is 0 Å². The number of non-ortho nitro benzene ring substituents is 1. The standard InChI is InChI=1S/C17H18N2O4S/c1-11(2)24-14-7-4-12(5-8-14)17(20)18-15-10-13(19(21)22)6-9-16(15)23-3/h4-11H,1-3H3,(H,18,20). The van der Waals surface area contributed by atoms with Crippen LogP contribution >= 0.6 is 11.8 Å². The molecule has 0 saturated carbocycles. The van der Waals surface area contributed by atoms with Gasteiger partial charge in [-0.25, -0.2) is 0 Å². The predicted molar refractivity (Wildman–Crippen MR) is 95.0 cm³/mol. The van der Waals surface area contributed by atoms with Gasteiger partial charge < -0.3 is 10.1 Å². The molecule has 0 aliphatic rings. The first kappa shape index (κ1) is 17.8. The van der Waals surface area contributed by atoms with E-state index in [4.69, 9.17) is 4.74 Å². The van der Waals surface area contributed by atoms with Crippen molar-refractivity contribution in [3.05, 3.63) is 58.1 Å². The van der Waals surface area contributed by atoms with E-state index in [9.17, 15) is 14.9 Å². The van der Waals surface area contributed by atoms with Crippen LogP contribution in [-0.4, -0.2) is 23.2 Å². The van der Waals surface area contributed by atoms with Gasteiger partial charge in [-0.2, -0.15) is 0 Å². The molecule has 0 aliphatic carbocycles. The summed E-state index contributed by atoms with van der Waals surface area (Å²) >= 11 is 1.71. The second kappa shape index (κ2) is 7.83. The van der Waals surface area contributed by atoms with E-state index in [-0.39, 0.29) is 17.3 Å². The summed E-state index contributed by atoms with van der Waals surface area (Å²) < 4.78 is 5.14. The van der Waals surface area contributed by atoms with Crippen LogP contribution in [0, 0.1) is 10.1 Å². The SMILES string of the molecule is COc1ccc([N+](=O)[O-])cc1NC(=O)c1ccc(SC(C)C)cc1. The van der Waals surface area contributed by atoms with E-state index >= 15 is 0 Å². The summed E-state index contributed by atoms with van der Waals surface area (Å²) in [5.41, 5.74) is 0.615. The number of nitrogens with one attached hydrogen (secondary N) is 1. The molecule has 0 unspecified atom stereocenters. The van der Waals surface area contributed by atoms with E-state index in [1.807, 2.05) is 12.1 Å². The zero-order chi connectivity index (χ0) is 17.7. The molecule has 0 bridgehead atoms. The number of hydrogen-bond acceptors (Lipinski definition) is 5. The fourth-order valence-corrected chi connectivity index (χ4v) is 2.90. The van der Waals surface area contributed by atoms with E-state index in [1.54, 1.807) is 23.9 Å². The topological polar surface area (TPSA) is 81.5 Å². The predicted octanol–water partition coefficient (Wildman–Crippen LogP) is 4.36. The third kappa shape index (κ3) is 4.48. The van der Waals surface area contributed by atoms with Crippen LogP contribution in [0.5, 0.6) is 5.75 Å². The van der Waals surface area contributed by atoms with Gasteiger partial charge in [-0.1, -0.05) is 13.8 Å². The Labute approximate surface area is 144 Å². The van der Waals surface area contributed by atoms with Gasteiger partial charge in [0.25, 0.3) is 11.6 Å². The molecule has 24 heavy (non-hydrogen) atoms. The molecule has 2 aromatic carbocycles. The van der Waals surface area contributed by atoms with Crippen LogP contribution in [-0.2, 0) is 0 Å². The van der Waals surface area contributed by atoms with Crippen molar-refractivity contribution >= 4 is 29.0 Å². The van der Waals surface area contributed by atoms with Gasteiger partial charge >= 0.3 is 0 Å².